The predicted octanol–water partition coefficient (Wildman–Crippen LogP) is 1.16. The van der Waals surface area contributed by atoms with Crippen LogP contribution in [0.2, 0.25) is 0 Å². The molecule has 0 fully saturated rings. The van der Waals surface area contributed by atoms with Gasteiger partial charge in [-0.25, -0.2) is 4.39 Å². The van der Waals surface area contributed by atoms with Gasteiger partial charge < -0.3 is 10.6 Å². The Morgan fingerprint density at radius 3 is 2.87 bits per heavy atom. The van der Waals surface area contributed by atoms with Crippen molar-refractivity contribution in [1.82, 2.24) is 10.6 Å². The van der Waals surface area contributed by atoms with E-state index < -0.39 is 0 Å². The van der Waals surface area contributed by atoms with Crippen LogP contribution in [-0.4, -0.2) is 26.6 Å². The van der Waals surface area contributed by atoms with Crippen LogP contribution in [-0.2, 0) is 6.42 Å². The molecular weight excluding hydrogens is 193 g/mol. The fourth-order valence-electron chi connectivity index (χ4n) is 1.30. The first-order valence-corrected chi connectivity index (χ1v) is 4.89. The Kier molecular flexibility index (Phi) is 4.60. The number of rotatable bonds is 3. The lowest BCUT2D eigenvalue weighted by Gasteiger charge is -2.08. The average Bonchev–Trinajstić information content (AvgIpc) is 2.25. The highest BCUT2D eigenvalue weighted by Gasteiger charge is 1.96. The van der Waals surface area contributed by atoms with Crippen molar-refractivity contribution < 1.29 is 4.39 Å². The van der Waals surface area contributed by atoms with Crippen molar-refractivity contribution in [2.45, 2.75) is 6.42 Å². The van der Waals surface area contributed by atoms with E-state index in [1.165, 1.54) is 6.07 Å². The minimum absolute atomic E-state index is 0.189. The Morgan fingerprint density at radius 2 is 2.27 bits per heavy atom. The van der Waals surface area contributed by atoms with Crippen molar-refractivity contribution in [2.24, 2.45) is 4.99 Å². The molecule has 0 radical (unpaired) electrons. The molecule has 0 aromatic heterocycles. The average molecular weight is 209 g/mol. The third kappa shape index (κ3) is 3.97. The molecule has 0 aliphatic rings. The molecule has 0 atom stereocenters. The molecule has 15 heavy (non-hydrogen) atoms. The van der Waals surface area contributed by atoms with Gasteiger partial charge in [0.05, 0.1) is 0 Å². The molecule has 1 aromatic carbocycles. The Morgan fingerprint density at radius 1 is 1.47 bits per heavy atom. The van der Waals surface area contributed by atoms with Gasteiger partial charge in [-0.3, -0.25) is 4.99 Å². The molecule has 1 aromatic rings. The third-order valence-electron chi connectivity index (χ3n) is 2.06. The first-order chi connectivity index (χ1) is 7.26. The molecule has 0 saturated carbocycles. The van der Waals surface area contributed by atoms with E-state index >= 15 is 0 Å². The number of hydrogen-bond acceptors (Lipinski definition) is 1. The largest absolute Gasteiger partial charge is 0.359 e. The summed E-state index contributed by atoms with van der Waals surface area (Å²) in [7, 11) is 3.51. The lowest BCUT2D eigenvalue weighted by molar-refractivity contribution is 0.625. The predicted molar refractivity (Wildman–Crippen MR) is 60.5 cm³/mol. The maximum absolute atomic E-state index is 12.8. The number of benzene rings is 1. The second-order valence-electron chi connectivity index (χ2n) is 3.13. The van der Waals surface area contributed by atoms with Crippen LogP contribution < -0.4 is 10.6 Å². The van der Waals surface area contributed by atoms with Crippen molar-refractivity contribution in [2.75, 3.05) is 20.6 Å². The smallest absolute Gasteiger partial charge is 0.190 e. The zero-order valence-electron chi connectivity index (χ0n) is 9.05. The summed E-state index contributed by atoms with van der Waals surface area (Å²) in [5, 5.41) is 6.02. The summed E-state index contributed by atoms with van der Waals surface area (Å²) in [6.45, 7) is 0.733. The van der Waals surface area contributed by atoms with E-state index in [-0.39, 0.29) is 5.82 Å². The van der Waals surface area contributed by atoms with E-state index in [9.17, 15) is 4.39 Å². The molecule has 0 amide bonds. The Balaban J connectivity index is 2.38. The molecule has 4 heteroatoms. The first-order valence-electron chi connectivity index (χ1n) is 4.89. The van der Waals surface area contributed by atoms with Crippen LogP contribution in [0, 0.1) is 5.82 Å². The van der Waals surface area contributed by atoms with Gasteiger partial charge in [0.2, 0.25) is 0 Å². The molecular formula is C11H16FN3. The maximum Gasteiger partial charge on any atom is 0.190 e. The van der Waals surface area contributed by atoms with Crippen LogP contribution in [0.1, 0.15) is 5.56 Å². The number of halogens is 1. The summed E-state index contributed by atoms with van der Waals surface area (Å²) in [5.41, 5.74) is 0.981. The van der Waals surface area contributed by atoms with Gasteiger partial charge in [-0.15, -0.1) is 0 Å². The van der Waals surface area contributed by atoms with Gasteiger partial charge in [-0.05, 0) is 24.1 Å². The van der Waals surface area contributed by atoms with E-state index in [4.69, 9.17) is 0 Å². The Bertz CT molecular complexity index is 336. The van der Waals surface area contributed by atoms with Crippen LogP contribution >= 0.6 is 0 Å². The van der Waals surface area contributed by atoms with Crippen molar-refractivity contribution in [3.63, 3.8) is 0 Å². The number of nitrogens with one attached hydrogen (secondary N) is 2. The summed E-state index contributed by atoms with van der Waals surface area (Å²) in [6, 6.07) is 6.62. The van der Waals surface area contributed by atoms with Gasteiger partial charge >= 0.3 is 0 Å². The summed E-state index contributed by atoms with van der Waals surface area (Å²) in [6.07, 6.45) is 0.776. The van der Waals surface area contributed by atoms with Crippen LogP contribution in [0.3, 0.4) is 0 Å². The van der Waals surface area contributed by atoms with Crippen LogP contribution in [0.25, 0.3) is 0 Å². The van der Waals surface area contributed by atoms with E-state index in [1.54, 1.807) is 26.2 Å². The minimum atomic E-state index is -0.189. The minimum Gasteiger partial charge on any atom is -0.359 e. The summed E-state index contributed by atoms with van der Waals surface area (Å²) < 4.78 is 12.8. The van der Waals surface area contributed by atoms with E-state index in [1.807, 2.05) is 6.07 Å². The molecule has 0 bridgehead atoms. The third-order valence-corrected chi connectivity index (χ3v) is 2.06. The van der Waals surface area contributed by atoms with Crippen molar-refractivity contribution in [3.05, 3.63) is 35.6 Å². The summed E-state index contributed by atoms with van der Waals surface area (Å²) >= 11 is 0. The van der Waals surface area contributed by atoms with Gasteiger partial charge in [0.25, 0.3) is 0 Å². The molecule has 0 saturated heterocycles. The molecule has 0 spiro atoms. The highest BCUT2D eigenvalue weighted by Crippen LogP contribution is 2.03. The molecule has 82 valence electrons. The van der Waals surface area contributed by atoms with Crippen LogP contribution in [0.15, 0.2) is 29.3 Å². The van der Waals surface area contributed by atoms with Crippen molar-refractivity contribution in [1.29, 1.82) is 0 Å². The molecule has 1 rings (SSSR count). The van der Waals surface area contributed by atoms with Gasteiger partial charge in [0.15, 0.2) is 5.96 Å². The molecule has 0 aliphatic carbocycles. The number of aliphatic imine (C=N–C) groups is 1. The maximum atomic E-state index is 12.8. The Hall–Kier alpha value is -1.58. The van der Waals surface area contributed by atoms with Crippen LogP contribution in [0.5, 0.6) is 0 Å². The van der Waals surface area contributed by atoms with E-state index in [0.29, 0.717) is 0 Å². The highest BCUT2D eigenvalue weighted by molar-refractivity contribution is 5.79. The fourth-order valence-corrected chi connectivity index (χ4v) is 1.30. The van der Waals surface area contributed by atoms with Gasteiger partial charge in [0, 0.05) is 20.6 Å². The fraction of sp³-hybridized carbons (Fsp3) is 0.364. The number of nitrogens with zero attached hydrogens (tertiary/aromatic N) is 1. The second kappa shape index (κ2) is 6.01. The zero-order chi connectivity index (χ0) is 11.1. The molecule has 2 N–H and O–H groups in total. The topological polar surface area (TPSA) is 36.4 Å². The normalized spacial score (nSPS) is 11.3. The molecule has 0 unspecified atom stereocenters. The van der Waals surface area contributed by atoms with Crippen molar-refractivity contribution >= 4 is 5.96 Å². The second-order valence-corrected chi connectivity index (χ2v) is 3.13. The zero-order valence-corrected chi connectivity index (χ0v) is 9.05. The van der Waals surface area contributed by atoms with E-state index in [2.05, 4.69) is 15.6 Å². The lowest BCUT2D eigenvalue weighted by atomic mass is 10.1. The van der Waals surface area contributed by atoms with Crippen LogP contribution in [0.4, 0.5) is 4.39 Å². The van der Waals surface area contributed by atoms with E-state index in [0.717, 1.165) is 24.5 Å². The lowest BCUT2D eigenvalue weighted by Crippen LogP contribution is -2.35. The highest BCUT2D eigenvalue weighted by atomic mass is 19.1. The van der Waals surface area contributed by atoms with Gasteiger partial charge in [-0.2, -0.15) is 0 Å². The summed E-state index contributed by atoms with van der Waals surface area (Å²) in [4.78, 5) is 3.98. The number of hydrogen-bond donors (Lipinski definition) is 2. The van der Waals surface area contributed by atoms with Gasteiger partial charge in [0.1, 0.15) is 5.82 Å². The van der Waals surface area contributed by atoms with Gasteiger partial charge in [-0.1, -0.05) is 12.1 Å². The standard InChI is InChI=1S/C11H16FN3/c1-13-11(14-2)15-7-6-9-4-3-5-10(12)8-9/h3-5,8H,6-7H2,1-2H3,(H2,13,14,15). The SMILES string of the molecule is CN=C(NC)NCCc1cccc(F)c1. The first kappa shape index (κ1) is 11.5. The molecule has 3 nitrogen and oxygen atoms in total. The monoisotopic (exact) mass is 209 g/mol. The molecule has 0 heterocycles. The molecule has 0 aliphatic heterocycles. The number of guanidine groups is 1. The summed E-state index contributed by atoms with van der Waals surface area (Å²) in [5.74, 6) is 0.553. The Labute approximate surface area is 89.4 Å². The van der Waals surface area contributed by atoms with Crippen molar-refractivity contribution in [3.8, 4) is 0 Å². The quantitative estimate of drug-likeness (QED) is 0.579.